The molecule has 0 saturated carbocycles. The lowest BCUT2D eigenvalue weighted by Crippen LogP contribution is -2.29. The first-order chi connectivity index (χ1) is 8.61. The fourth-order valence-corrected chi connectivity index (χ4v) is 3.45. The van der Waals surface area contributed by atoms with Gasteiger partial charge in [0.25, 0.3) is 0 Å². The fraction of sp³-hybridized carbons (Fsp3) is 0.231. The second-order valence-electron chi connectivity index (χ2n) is 4.01. The molecule has 1 atom stereocenters. The third-order valence-electron chi connectivity index (χ3n) is 2.82. The number of rotatable bonds is 4. The minimum Gasteiger partial charge on any atom is -0.365 e. The molecule has 0 radical (unpaired) electrons. The van der Waals surface area contributed by atoms with Crippen LogP contribution < -0.4 is 10.6 Å². The maximum absolute atomic E-state index is 13.2. The molecule has 1 aromatic heterocycles. The van der Waals surface area contributed by atoms with Gasteiger partial charge in [0.05, 0.1) is 6.04 Å². The summed E-state index contributed by atoms with van der Waals surface area (Å²) in [6.07, 6.45) is 0. The Morgan fingerprint density at radius 1 is 1.44 bits per heavy atom. The monoisotopic (exact) mass is 328 g/mol. The topological polar surface area (TPSA) is 29.3 Å². The average molecular weight is 329 g/mol. The molecular weight excluding hydrogens is 315 g/mol. The number of halogens is 2. The summed E-state index contributed by atoms with van der Waals surface area (Å²) in [5.74, 6) is -0.234. The summed E-state index contributed by atoms with van der Waals surface area (Å²) < 4.78 is 14.3. The molecule has 0 spiro atoms. The molecule has 2 rings (SSSR count). The quantitative estimate of drug-likeness (QED) is 0.925. The van der Waals surface area contributed by atoms with Crippen molar-refractivity contribution in [2.24, 2.45) is 5.73 Å². The molecule has 2 N–H and O–H groups in total. The lowest BCUT2D eigenvalue weighted by Gasteiger charge is -2.28. The van der Waals surface area contributed by atoms with Crippen molar-refractivity contribution >= 4 is 33.0 Å². The van der Waals surface area contributed by atoms with Crippen LogP contribution in [0.2, 0.25) is 0 Å². The van der Waals surface area contributed by atoms with E-state index in [-0.39, 0.29) is 11.9 Å². The van der Waals surface area contributed by atoms with E-state index in [0.29, 0.717) is 6.54 Å². The van der Waals surface area contributed by atoms with Crippen LogP contribution in [0.1, 0.15) is 10.9 Å². The first-order valence-electron chi connectivity index (χ1n) is 5.54. The zero-order valence-corrected chi connectivity index (χ0v) is 12.3. The summed E-state index contributed by atoms with van der Waals surface area (Å²) in [4.78, 5) is 3.16. The number of likely N-dealkylation sites (N-methyl/N-ethyl adjacent to an activating group) is 1. The lowest BCUT2D eigenvalue weighted by atomic mass is 10.2. The molecule has 96 valence electrons. The van der Waals surface area contributed by atoms with Crippen LogP contribution in [0.5, 0.6) is 0 Å². The number of benzene rings is 1. The molecule has 0 aliphatic carbocycles. The van der Waals surface area contributed by atoms with Gasteiger partial charge in [0.2, 0.25) is 0 Å². The highest BCUT2D eigenvalue weighted by Gasteiger charge is 2.18. The lowest BCUT2D eigenvalue weighted by molar-refractivity contribution is 0.624. The Morgan fingerprint density at radius 3 is 2.78 bits per heavy atom. The van der Waals surface area contributed by atoms with E-state index in [4.69, 9.17) is 5.73 Å². The van der Waals surface area contributed by atoms with Crippen molar-refractivity contribution in [1.29, 1.82) is 0 Å². The molecule has 1 aromatic carbocycles. The Balaban J connectivity index is 2.28. The van der Waals surface area contributed by atoms with Crippen LogP contribution in [0.15, 0.2) is 40.2 Å². The summed E-state index contributed by atoms with van der Waals surface area (Å²) in [6, 6.07) is 8.66. The molecule has 1 unspecified atom stereocenters. The third-order valence-corrected chi connectivity index (χ3v) is 4.62. The third kappa shape index (κ3) is 2.91. The maximum Gasteiger partial charge on any atom is 0.125 e. The molecule has 0 aliphatic heterocycles. The van der Waals surface area contributed by atoms with Gasteiger partial charge in [-0.1, -0.05) is 6.07 Å². The average Bonchev–Trinajstić information content (AvgIpc) is 2.76. The van der Waals surface area contributed by atoms with Gasteiger partial charge in [-0.15, -0.1) is 11.3 Å². The smallest absolute Gasteiger partial charge is 0.125 e. The Morgan fingerprint density at radius 2 is 2.22 bits per heavy atom. The summed E-state index contributed by atoms with van der Waals surface area (Å²) in [6.45, 7) is 0.486. The van der Waals surface area contributed by atoms with E-state index >= 15 is 0 Å². The molecule has 0 bridgehead atoms. The predicted octanol–water partition coefficient (Wildman–Crippen LogP) is 3.79. The number of hydrogen-bond acceptors (Lipinski definition) is 3. The van der Waals surface area contributed by atoms with Crippen LogP contribution in [-0.4, -0.2) is 13.6 Å². The van der Waals surface area contributed by atoms with E-state index < -0.39 is 0 Å². The number of nitrogens with zero attached hydrogens (tertiary/aromatic N) is 1. The highest BCUT2D eigenvalue weighted by Crippen LogP contribution is 2.31. The Hall–Kier alpha value is -0.910. The van der Waals surface area contributed by atoms with E-state index in [1.807, 2.05) is 23.4 Å². The molecule has 0 saturated heterocycles. The summed E-state index contributed by atoms with van der Waals surface area (Å²) in [5, 5.41) is 2.03. The molecule has 0 fully saturated rings. The zero-order chi connectivity index (χ0) is 13.1. The van der Waals surface area contributed by atoms with Crippen LogP contribution in [0.3, 0.4) is 0 Å². The Bertz CT molecular complexity index is 529. The standard InChI is InChI=1S/C13H14BrFN2S/c1-17(11-4-2-3-10(15)6-11)12(7-16)13-5-9(14)8-18-13/h2-6,8,12H,7,16H2,1H3. The second-order valence-corrected chi connectivity index (χ2v) is 5.87. The highest BCUT2D eigenvalue weighted by atomic mass is 79.9. The van der Waals surface area contributed by atoms with Gasteiger partial charge in [-0.3, -0.25) is 0 Å². The van der Waals surface area contributed by atoms with Gasteiger partial charge in [-0.05, 0) is 40.2 Å². The van der Waals surface area contributed by atoms with E-state index in [1.54, 1.807) is 17.4 Å². The zero-order valence-electron chi connectivity index (χ0n) is 9.94. The van der Waals surface area contributed by atoms with Crippen LogP contribution >= 0.6 is 27.3 Å². The van der Waals surface area contributed by atoms with Gasteiger partial charge in [0.15, 0.2) is 0 Å². The van der Waals surface area contributed by atoms with Gasteiger partial charge >= 0.3 is 0 Å². The summed E-state index contributed by atoms with van der Waals surface area (Å²) in [5.41, 5.74) is 6.67. The van der Waals surface area contributed by atoms with E-state index in [9.17, 15) is 4.39 Å². The normalized spacial score (nSPS) is 12.4. The Kier molecular flexibility index (Phi) is 4.37. The molecule has 2 nitrogen and oxygen atoms in total. The molecule has 18 heavy (non-hydrogen) atoms. The van der Waals surface area contributed by atoms with Crippen molar-refractivity contribution in [3.05, 3.63) is 50.9 Å². The molecule has 0 amide bonds. The fourth-order valence-electron chi connectivity index (χ4n) is 1.84. The van der Waals surface area contributed by atoms with Gasteiger partial charge in [-0.25, -0.2) is 4.39 Å². The first-order valence-corrected chi connectivity index (χ1v) is 7.21. The van der Waals surface area contributed by atoms with Gasteiger partial charge < -0.3 is 10.6 Å². The van der Waals surface area contributed by atoms with Gasteiger partial charge in [0, 0.05) is 34.0 Å². The largest absolute Gasteiger partial charge is 0.365 e. The molecule has 1 heterocycles. The predicted molar refractivity (Wildman–Crippen MR) is 78.6 cm³/mol. The number of hydrogen-bond donors (Lipinski definition) is 1. The van der Waals surface area contributed by atoms with Crippen LogP contribution in [0.4, 0.5) is 10.1 Å². The minimum absolute atomic E-state index is 0.0584. The van der Waals surface area contributed by atoms with E-state index in [2.05, 4.69) is 22.0 Å². The van der Waals surface area contributed by atoms with Crippen molar-refractivity contribution in [3.8, 4) is 0 Å². The molecule has 2 aromatic rings. The van der Waals surface area contributed by atoms with Crippen LogP contribution in [0.25, 0.3) is 0 Å². The van der Waals surface area contributed by atoms with Crippen molar-refractivity contribution in [2.75, 3.05) is 18.5 Å². The second kappa shape index (κ2) is 5.82. The van der Waals surface area contributed by atoms with E-state index in [1.165, 1.54) is 12.1 Å². The summed E-state index contributed by atoms with van der Waals surface area (Å²) in [7, 11) is 1.93. The van der Waals surface area contributed by atoms with Gasteiger partial charge in [0.1, 0.15) is 5.82 Å². The SMILES string of the molecule is CN(c1cccc(F)c1)C(CN)c1cc(Br)cs1. The van der Waals surface area contributed by atoms with Crippen molar-refractivity contribution in [1.82, 2.24) is 0 Å². The molecule has 5 heteroatoms. The van der Waals surface area contributed by atoms with Crippen molar-refractivity contribution in [3.63, 3.8) is 0 Å². The maximum atomic E-state index is 13.2. The number of anilines is 1. The minimum atomic E-state index is -0.234. The van der Waals surface area contributed by atoms with E-state index in [0.717, 1.165) is 15.0 Å². The van der Waals surface area contributed by atoms with Crippen molar-refractivity contribution < 1.29 is 4.39 Å². The molecular formula is C13H14BrFN2S. The number of thiophene rings is 1. The van der Waals surface area contributed by atoms with Gasteiger partial charge in [-0.2, -0.15) is 0 Å². The van der Waals surface area contributed by atoms with Crippen molar-refractivity contribution in [2.45, 2.75) is 6.04 Å². The van der Waals surface area contributed by atoms with Crippen LogP contribution in [0, 0.1) is 5.82 Å². The highest BCUT2D eigenvalue weighted by molar-refractivity contribution is 9.10. The summed E-state index contributed by atoms with van der Waals surface area (Å²) >= 11 is 5.08. The number of nitrogens with two attached hydrogens (primary N) is 1. The first kappa shape index (κ1) is 13.5. The Labute approximate surface area is 118 Å². The van der Waals surface area contributed by atoms with Crippen LogP contribution in [-0.2, 0) is 0 Å². The molecule has 0 aliphatic rings.